The largest absolute Gasteiger partial charge is 0.475 e. The van der Waals surface area contributed by atoms with Crippen molar-refractivity contribution >= 4 is 35.2 Å². The van der Waals surface area contributed by atoms with Gasteiger partial charge in [0, 0.05) is 17.5 Å². The van der Waals surface area contributed by atoms with Crippen molar-refractivity contribution in [3.8, 4) is 0 Å². The van der Waals surface area contributed by atoms with Crippen molar-refractivity contribution < 1.29 is 33.1 Å². The van der Waals surface area contributed by atoms with E-state index in [1.807, 2.05) is 26.8 Å². The number of ketones is 1. The Morgan fingerprint density at radius 2 is 1.56 bits per heavy atom. The second-order valence-corrected chi connectivity index (χ2v) is 9.77. The number of alkyl halides is 2. The van der Waals surface area contributed by atoms with E-state index < -0.39 is 54.5 Å². The van der Waals surface area contributed by atoms with Gasteiger partial charge in [-0.05, 0) is 56.2 Å². The van der Waals surface area contributed by atoms with E-state index in [1.165, 1.54) is 0 Å². The second-order valence-electron chi connectivity index (χ2n) is 9.36. The molecule has 4 atom stereocenters. The Balaban J connectivity index is 3.14. The highest BCUT2D eigenvalue weighted by Crippen LogP contribution is 2.18. The van der Waals surface area contributed by atoms with E-state index >= 15 is 0 Å². The Bertz CT molecular complexity index is 929. The molecule has 0 spiro atoms. The average molecular weight is 532 g/mol. The summed E-state index contributed by atoms with van der Waals surface area (Å²) in [6.45, 7) is 9.32. The SMILES string of the molecule is CCC(C)N[C@@H](Cc1ccc(Cl)c(C)c1)C(=O)N[C@@H](CC(C)C)C(=O)NC(CC(F)F)C(=O)C(=O)O. The van der Waals surface area contributed by atoms with Crippen molar-refractivity contribution in [2.24, 2.45) is 5.92 Å². The van der Waals surface area contributed by atoms with Crippen LogP contribution in [0.4, 0.5) is 8.78 Å². The first-order valence-corrected chi connectivity index (χ1v) is 12.3. The van der Waals surface area contributed by atoms with E-state index in [1.54, 1.807) is 26.0 Å². The molecule has 2 unspecified atom stereocenters. The van der Waals surface area contributed by atoms with Crippen LogP contribution >= 0.6 is 11.6 Å². The number of hydrogen-bond donors (Lipinski definition) is 4. The summed E-state index contributed by atoms with van der Waals surface area (Å²) in [4.78, 5) is 49.1. The summed E-state index contributed by atoms with van der Waals surface area (Å²) in [6.07, 6.45) is -2.96. The molecule has 0 aliphatic carbocycles. The van der Waals surface area contributed by atoms with Crippen LogP contribution in [0.3, 0.4) is 0 Å². The van der Waals surface area contributed by atoms with Gasteiger partial charge in [-0.15, -0.1) is 0 Å². The third-order valence-electron chi connectivity index (χ3n) is 5.67. The maximum Gasteiger partial charge on any atom is 0.374 e. The molecule has 0 fully saturated rings. The van der Waals surface area contributed by atoms with Gasteiger partial charge < -0.3 is 21.1 Å². The van der Waals surface area contributed by atoms with Gasteiger partial charge in [-0.2, -0.15) is 0 Å². The number of nitrogens with one attached hydrogen (secondary N) is 3. The molecule has 0 radical (unpaired) electrons. The van der Waals surface area contributed by atoms with Crippen molar-refractivity contribution in [3.05, 3.63) is 34.3 Å². The summed E-state index contributed by atoms with van der Waals surface area (Å²) in [5.74, 6) is -4.94. The molecule has 1 rings (SSSR count). The van der Waals surface area contributed by atoms with Gasteiger partial charge in [-0.1, -0.05) is 44.5 Å². The first-order valence-electron chi connectivity index (χ1n) is 11.9. The highest BCUT2D eigenvalue weighted by molar-refractivity contribution is 6.35. The molecular weight excluding hydrogens is 496 g/mol. The molecule has 4 N–H and O–H groups in total. The number of carbonyl (C=O) groups is 4. The molecule has 0 bridgehead atoms. The molecule has 1 aromatic carbocycles. The predicted molar refractivity (Wildman–Crippen MR) is 133 cm³/mol. The summed E-state index contributed by atoms with van der Waals surface area (Å²) < 4.78 is 25.8. The lowest BCUT2D eigenvalue weighted by Gasteiger charge is -2.27. The van der Waals surface area contributed by atoms with Gasteiger partial charge in [0.2, 0.25) is 18.2 Å². The molecule has 0 aliphatic rings. The molecule has 36 heavy (non-hydrogen) atoms. The third kappa shape index (κ3) is 10.6. The fraction of sp³-hybridized carbons (Fsp3) is 0.600. The van der Waals surface area contributed by atoms with Gasteiger partial charge in [0.15, 0.2) is 0 Å². The van der Waals surface area contributed by atoms with Crippen LogP contribution in [0, 0.1) is 12.8 Å². The van der Waals surface area contributed by atoms with E-state index in [2.05, 4.69) is 16.0 Å². The van der Waals surface area contributed by atoms with Gasteiger partial charge in [0.05, 0.1) is 6.04 Å². The lowest BCUT2D eigenvalue weighted by molar-refractivity contribution is -0.151. The Hall–Kier alpha value is -2.59. The van der Waals surface area contributed by atoms with Crippen molar-refractivity contribution in [1.82, 2.24) is 16.0 Å². The minimum Gasteiger partial charge on any atom is -0.475 e. The zero-order valence-electron chi connectivity index (χ0n) is 21.2. The van der Waals surface area contributed by atoms with Crippen LogP contribution in [-0.4, -0.2) is 59.3 Å². The highest BCUT2D eigenvalue weighted by atomic mass is 35.5. The van der Waals surface area contributed by atoms with Crippen LogP contribution in [-0.2, 0) is 25.6 Å². The number of carboxylic acid groups (broad SMARTS) is 1. The number of benzene rings is 1. The fourth-order valence-electron chi connectivity index (χ4n) is 3.56. The normalized spacial score (nSPS) is 14.7. The monoisotopic (exact) mass is 531 g/mol. The van der Waals surface area contributed by atoms with E-state index in [9.17, 15) is 28.0 Å². The quantitative estimate of drug-likeness (QED) is 0.257. The molecule has 0 aliphatic heterocycles. The standard InChI is InChI=1S/C25H36ClF2N3O5/c1-6-15(5)29-20(11-16-7-8-17(26)14(4)10-16)24(34)31-19(9-13(2)3)23(33)30-18(12-21(27)28)22(32)25(35)36/h7-8,10,13,15,18-21,29H,6,9,11-12H2,1-5H3,(H,30,33)(H,31,34)(H,35,36)/t15?,18?,19-,20-/m0/s1. The number of aliphatic carboxylic acids is 1. The Morgan fingerprint density at radius 1 is 0.972 bits per heavy atom. The molecule has 1 aromatic rings. The van der Waals surface area contributed by atoms with Crippen LogP contribution in [0.5, 0.6) is 0 Å². The first kappa shape index (κ1) is 31.4. The number of carbonyl (C=O) groups excluding carboxylic acids is 3. The number of hydrogen-bond acceptors (Lipinski definition) is 5. The molecule has 8 nitrogen and oxygen atoms in total. The number of carboxylic acids is 1. The maximum absolute atomic E-state index is 13.3. The summed E-state index contributed by atoms with van der Waals surface area (Å²) in [5, 5.41) is 17.5. The predicted octanol–water partition coefficient (Wildman–Crippen LogP) is 3.27. The van der Waals surface area contributed by atoms with Crippen LogP contribution in [0.1, 0.15) is 58.1 Å². The summed E-state index contributed by atoms with van der Waals surface area (Å²) in [7, 11) is 0. The smallest absolute Gasteiger partial charge is 0.374 e. The molecule has 0 saturated carbocycles. The number of amides is 2. The zero-order chi connectivity index (χ0) is 27.6. The Morgan fingerprint density at radius 3 is 2.06 bits per heavy atom. The van der Waals surface area contributed by atoms with Crippen LogP contribution in [0.15, 0.2) is 18.2 Å². The lowest BCUT2D eigenvalue weighted by atomic mass is 9.99. The molecule has 0 saturated heterocycles. The minimum atomic E-state index is -3.01. The van der Waals surface area contributed by atoms with Crippen molar-refractivity contribution in [2.75, 3.05) is 0 Å². The third-order valence-corrected chi connectivity index (χ3v) is 6.10. The molecule has 11 heteroatoms. The topological polar surface area (TPSA) is 125 Å². The molecular formula is C25H36ClF2N3O5. The van der Waals surface area contributed by atoms with Crippen molar-refractivity contribution in [3.63, 3.8) is 0 Å². The maximum atomic E-state index is 13.3. The van der Waals surface area contributed by atoms with Gasteiger partial charge in [0.1, 0.15) is 12.1 Å². The average Bonchev–Trinajstić information content (AvgIpc) is 2.78. The van der Waals surface area contributed by atoms with Crippen LogP contribution in [0.2, 0.25) is 5.02 Å². The van der Waals surface area contributed by atoms with Gasteiger partial charge in [-0.25, -0.2) is 13.6 Å². The van der Waals surface area contributed by atoms with Crippen molar-refractivity contribution in [1.29, 1.82) is 0 Å². The summed E-state index contributed by atoms with van der Waals surface area (Å²) in [6, 6.07) is 1.60. The second kappa shape index (κ2) is 14.8. The Labute approximate surface area is 215 Å². The molecule has 2 amide bonds. The van der Waals surface area contributed by atoms with E-state index in [0.717, 1.165) is 17.5 Å². The number of aryl methyl sites for hydroxylation is 1. The van der Waals surface area contributed by atoms with Gasteiger partial charge in [-0.3, -0.25) is 14.4 Å². The number of Topliss-reactive ketones (excluding diaryl/α,β-unsaturated/α-hetero) is 1. The molecule has 202 valence electrons. The van der Waals surface area contributed by atoms with Crippen LogP contribution < -0.4 is 16.0 Å². The minimum absolute atomic E-state index is 0.0184. The first-order chi connectivity index (χ1) is 16.7. The molecule has 0 aromatic heterocycles. The van der Waals surface area contributed by atoms with E-state index in [4.69, 9.17) is 16.7 Å². The van der Waals surface area contributed by atoms with E-state index in [0.29, 0.717) is 11.4 Å². The van der Waals surface area contributed by atoms with Crippen LogP contribution in [0.25, 0.3) is 0 Å². The lowest BCUT2D eigenvalue weighted by Crippen LogP contribution is -2.57. The zero-order valence-corrected chi connectivity index (χ0v) is 22.0. The summed E-state index contributed by atoms with van der Waals surface area (Å²) >= 11 is 6.11. The highest BCUT2D eigenvalue weighted by Gasteiger charge is 2.33. The number of rotatable bonds is 15. The fourth-order valence-corrected chi connectivity index (χ4v) is 3.68. The number of halogens is 3. The Kier molecular flexibility index (Phi) is 13.0. The van der Waals surface area contributed by atoms with Gasteiger partial charge >= 0.3 is 5.97 Å². The van der Waals surface area contributed by atoms with E-state index in [-0.39, 0.29) is 18.4 Å². The van der Waals surface area contributed by atoms with Crippen molar-refractivity contribution in [2.45, 2.75) is 90.9 Å². The summed E-state index contributed by atoms with van der Waals surface area (Å²) in [5.41, 5.74) is 1.70. The van der Waals surface area contributed by atoms with Gasteiger partial charge in [0.25, 0.3) is 5.78 Å². The molecule has 0 heterocycles.